The molecule has 0 aliphatic rings. The van der Waals surface area contributed by atoms with Gasteiger partial charge in [0.15, 0.2) is 0 Å². The molecule has 3 N–H and O–H groups in total. The highest BCUT2D eigenvalue weighted by Gasteiger charge is 1.98. The van der Waals surface area contributed by atoms with Crippen LogP contribution < -0.4 is 16.0 Å². The number of hydrogen-bond acceptors (Lipinski definition) is 3. The fraction of sp³-hybridized carbons (Fsp3) is 0.455. The summed E-state index contributed by atoms with van der Waals surface area (Å²) in [4.78, 5) is 0. The van der Waals surface area contributed by atoms with Crippen molar-refractivity contribution in [1.29, 1.82) is 0 Å². The maximum absolute atomic E-state index is 5.54. The summed E-state index contributed by atoms with van der Waals surface area (Å²) in [6.07, 6.45) is 0.907. The Kier molecular flexibility index (Phi) is 4.43. The van der Waals surface area contributed by atoms with E-state index in [1.54, 1.807) is 0 Å². The smallest absolute Gasteiger partial charge is 0.119 e. The molecule has 0 saturated heterocycles. The summed E-state index contributed by atoms with van der Waals surface area (Å²) >= 11 is 0. The molecule has 3 heteroatoms. The topological polar surface area (TPSA) is 47.3 Å². The van der Waals surface area contributed by atoms with Gasteiger partial charge >= 0.3 is 0 Å². The second kappa shape index (κ2) is 5.62. The molecule has 0 radical (unpaired) electrons. The largest absolute Gasteiger partial charge is 0.494 e. The quantitative estimate of drug-likeness (QED) is 0.553. The van der Waals surface area contributed by atoms with E-state index in [2.05, 4.69) is 12.3 Å². The van der Waals surface area contributed by atoms with E-state index in [1.807, 2.05) is 31.2 Å². The van der Waals surface area contributed by atoms with Crippen molar-refractivity contribution in [1.82, 2.24) is 5.43 Å². The highest BCUT2D eigenvalue weighted by molar-refractivity contribution is 5.26. The summed E-state index contributed by atoms with van der Waals surface area (Å²) in [6.45, 7) is 4.77. The van der Waals surface area contributed by atoms with Gasteiger partial charge in [0.25, 0.3) is 0 Å². The summed E-state index contributed by atoms with van der Waals surface area (Å²) in [5.74, 6) is 6.18. The van der Waals surface area contributed by atoms with Gasteiger partial charge in [0.1, 0.15) is 5.75 Å². The van der Waals surface area contributed by atoms with Crippen molar-refractivity contribution in [3.63, 3.8) is 0 Å². The molecule has 0 aliphatic carbocycles. The molecule has 0 heterocycles. The Morgan fingerprint density at radius 1 is 1.36 bits per heavy atom. The van der Waals surface area contributed by atoms with Crippen LogP contribution in [0.25, 0.3) is 0 Å². The lowest BCUT2D eigenvalue weighted by Gasteiger charge is -2.10. The molecule has 1 unspecified atom stereocenters. The van der Waals surface area contributed by atoms with Crippen LogP contribution in [0, 0.1) is 6.92 Å². The maximum Gasteiger partial charge on any atom is 0.119 e. The fourth-order valence-corrected chi connectivity index (χ4v) is 1.07. The number of aryl methyl sites for hydroxylation is 1. The molecule has 1 atom stereocenters. The van der Waals surface area contributed by atoms with E-state index >= 15 is 0 Å². The molecule has 0 aromatic heterocycles. The van der Waals surface area contributed by atoms with Gasteiger partial charge in [-0.3, -0.25) is 11.3 Å². The molecule has 0 spiro atoms. The van der Waals surface area contributed by atoms with Gasteiger partial charge in [0.2, 0.25) is 0 Å². The van der Waals surface area contributed by atoms with Crippen LogP contribution in [-0.4, -0.2) is 12.6 Å². The molecule has 0 saturated carbocycles. The van der Waals surface area contributed by atoms with E-state index in [9.17, 15) is 0 Å². The molecule has 1 aromatic rings. The molecular formula is C11H18N2O. The lowest BCUT2D eigenvalue weighted by atomic mass is 10.2. The number of rotatable bonds is 5. The van der Waals surface area contributed by atoms with Gasteiger partial charge in [0.05, 0.1) is 6.61 Å². The molecule has 0 bridgehead atoms. The predicted octanol–water partition coefficient (Wildman–Crippen LogP) is 1.62. The highest BCUT2D eigenvalue weighted by Crippen LogP contribution is 2.11. The van der Waals surface area contributed by atoms with Gasteiger partial charge < -0.3 is 4.74 Å². The van der Waals surface area contributed by atoms with Gasteiger partial charge in [-0.25, -0.2) is 0 Å². The Morgan fingerprint density at radius 2 is 2.00 bits per heavy atom. The number of nitrogens with two attached hydrogens (primary N) is 1. The van der Waals surface area contributed by atoms with Crippen LogP contribution in [0.2, 0.25) is 0 Å². The van der Waals surface area contributed by atoms with Crippen molar-refractivity contribution in [2.24, 2.45) is 5.84 Å². The number of ether oxygens (including phenoxy) is 1. The van der Waals surface area contributed by atoms with Crippen LogP contribution in [0.3, 0.4) is 0 Å². The fourth-order valence-electron chi connectivity index (χ4n) is 1.07. The third-order valence-corrected chi connectivity index (χ3v) is 2.13. The first-order chi connectivity index (χ1) is 6.72. The Labute approximate surface area is 85.2 Å². The predicted molar refractivity (Wildman–Crippen MR) is 58.1 cm³/mol. The van der Waals surface area contributed by atoms with Crippen molar-refractivity contribution in [2.75, 3.05) is 6.61 Å². The van der Waals surface area contributed by atoms with Gasteiger partial charge in [0, 0.05) is 6.04 Å². The summed E-state index contributed by atoms with van der Waals surface area (Å²) in [6, 6.07) is 8.34. The van der Waals surface area contributed by atoms with Crippen LogP contribution >= 0.6 is 0 Å². The molecule has 1 aromatic carbocycles. The van der Waals surface area contributed by atoms with E-state index in [0.29, 0.717) is 12.6 Å². The molecule has 14 heavy (non-hydrogen) atoms. The van der Waals surface area contributed by atoms with Crippen molar-refractivity contribution < 1.29 is 4.74 Å². The number of benzene rings is 1. The minimum atomic E-state index is 0.292. The van der Waals surface area contributed by atoms with Crippen LogP contribution in [0.5, 0.6) is 5.75 Å². The molecular weight excluding hydrogens is 176 g/mol. The minimum absolute atomic E-state index is 0.292. The molecule has 0 amide bonds. The Hall–Kier alpha value is -1.06. The third kappa shape index (κ3) is 3.77. The zero-order chi connectivity index (χ0) is 10.4. The van der Waals surface area contributed by atoms with Crippen molar-refractivity contribution in [2.45, 2.75) is 26.3 Å². The van der Waals surface area contributed by atoms with Crippen LogP contribution in [-0.2, 0) is 0 Å². The Bertz CT molecular complexity index is 258. The Balaban J connectivity index is 2.28. The summed E-state index contributed by atoms with van der Waals surface area (Å²) in [5.41, 5.74) is 3.93. The molecule has 0 fully saturated rings. The van der Waals surface area contributed by atoms with Crippen molar-refractivity contribution >= 4 is 0 Å². The second-order valence-corrected chi connectivity index (χ2v) is 3.52. The third-order valence-electron chi connectivity index (χ3n) is 2.13. The first kappa shape index (κ1) is 11.0. The average molecular weight is 194 g/mol. The first-order valence-corrected chi connectivity index (χ1v) is 4.88. The van der Waals surface area contributed by atoms with Crippen molar-refractivity contribution in [3.05, 3.63) is 29.8 Å². The summed E-state index contributed by atoms with van der Waals surface area (Å²) in [5, 5.41) is 0. The standard InChI is InChI=1S/C11H18N2O/c1-9-3-5-11(6-4-9)14-8-7-10(2)13-12/h3-6,10,13H,7-8,12H2,1-2H3. The first-order valence-electron chi connectivity index (χ1n) is 4.88. The second-order valence-electron chi connectivity index (χ2n) is 3.52. The van der Waals surface area contributed by atoms with Gasteiger partial charge in [-0.05, 0) is 32.4 Å². The maximum atomic E-state index is 5.54. The lowest BCUT2D eigenvalue weighted by Crippen LogP contribution is -2.33. The van der Waals surface area contributed by atoms with E-state index in [0.717, 1.165) is 12.2 Å². The Morgan fingerprint density at radius 3 is 2.57 bits per heavy atom. The molecule has 3 nitrogen and oxygen atoms in total. The van der Waals surface area contributed by atoms with E-state index in [4.69, 9.17) is 10.6 Å². The number of hydrogen-bond donors (Lipinski definition) is 2. The van der Waals surface area contributed by atoms with E-state index < -0.39 is 0 Å². The van der Waals surface area contributed by atoms with Crippen LogP contribution in [0.4, 0.5) is 0 Å². The zero-order valence-corrected chi connectivity index (χ0v) is 8.79. The van der Waals surface area contributed by atoms with Crippen LogP contribution in [0.1, 0.15) is 18.9 Å². The molecule has 78 valence electrons. The monoisotopic (exact) mass is 194 g/mol. The van der Waals surface area contributed by atoms with E-state index in [1.165, 1.54) is 5.56 Å². The summed E-state index contributed by atoms with van der Waals surface area (Å²) < 4.78 is 5.54. The number of hydrazine groups is 1. The van der Waals surface area contributed by atoms with Gasteiger partial charge in [-0.2, -0.15) is 0 Å². The molecule has 0 aliphatic heterocycles. The minimum Gasteiger partial charge on any atom is -0.494 e. The number of nitrogens with one attached hydrogen (secondary N) is 1. The SMILES string of the molecule is Cc1ccc(OCCC(C)NN)cc1. The van der Waals surface area contributed by atoms with Gasteiger partial charge in [-0.1, -0.05) is 17.7 Å². The van der Waals surface area contributed by atoms with Gasteiger partial charge in [-0.15, -0.1) is 0 Å². The highest BCUT2D eigenvalue weighted by atomic mass is 16.5. The van der Waals surface area contributed by atoms with E-state index in [-0.39, 0.29) is 0 Å². The van der Waals surface area contributed by atoms with Crippen molar-refractivity contribution in [3.8, 4) is 5.75 Å². The zero-order valence-electron chi connectivity index (χ0n) is 8.79. The lowest BCUT2D eigenvalue weighted by molar-refractivity contribution is 0.291. The molecule has 1 rings (SSSR count). The normalized spacial score (nSPS) is 12.5. The van der Waals surface area contributed by atoms with Crippen LogP contribution in [0.15, 0.2) is 24.3 Å². The summed E-state index contributed by atoms with van der Waals surface area (Å²) in [7, 11) is 0. The average Bonchev–Trinajstić information content (AvgIpc) is 2.21.